The molecule has 9 nitrogen and oxygen atoms in total. The van der Waals surface area contributed by atoms with Crippen molar-refractivity contribution in [3.63, 3.8) is 0 Å². The molecule has 2 aromatic carbocycles. The molecule has 246 valence electrons. The van der Waals surface area contributed by atoms with Crippen LogP contribution in [0.25, 0.3) is 0 Å². The van der Waals surface area contributed by atoms with Crippen molar-refractivity contribution in [1.82, 2.24) is 9.88 Å². The van der Waals surface area contributed by atoms with E-state index in [4.69, 9.17) is 18.9 Å². The molecule has 1 aromatic heterocycles. The molecule has 2 aliphatic heterocycles. The van der Waals surface area contributed by atoms with E-state index in [0.717, 1.165) is 24.6 Å². The molecule has 1 saturated heterocycles. The van der Waals surface area contributed by atoms with E-state index in [0.29, 0.717) is 11.3 Å². The lowest BCUT2D eigenvalue weighted by Crippen LogP contribution is -2.47. The van der Waals surface area contributed by atoms with Crippen molar-refractivity contribution >= 4 is 17.5 Å². The van der Waals surface area contributed by atoms with Gasteiger partial charge in [-0.05, 0) is 36.8 Å². The fourth-order valence-electron chi connectivity index (χ4n) is 5.86. The normalized spacial score (nSPS) is 22.6. The van der Waals surface area contributed by atoms with Gasteiger partial charge in [0.1, 0.15) is 24.2 Å². The predicted molar refractivity (Wildman–Crippen MR) is 154 cm³/mol. The van der Waals surface area contributed by atoms with E-state index in [9.17, 15) is 27.2 Å². The molecule has 0 bridgehead atoms. The Morgan fingerprint density at radius 1 is 1.11 bits per heavy atom. The van der Waals surface area contributed by atoms with Crippen LogP contribution in [-0.4, -0.2) is 67.0 Å². The molecule has 5 rings (SSSR count). The number of hydrogen-bond acceptors (Lipinski definition) is 7. The van der Waals surface area contributed by atoms with Gasteiger partial charge >= 0.3 is 6.18 Å². The number of nitrogens with one attached hydrogen (secondary N) is 1. The van der Waals surface area contributed by atoms with Crippen molar-refractivity contribution in [2.75, 3.05) is 32.8 Å². The van der Waals surface area contributed by atoms with Crippen LogP contribution in [0.3, 0.4) is 0 Å². The highest BCUT2D eigenvalue weighted by molar-refractivity contribution is 6.01. The van der Waals surface area contributed by atoms with Gasteiger partial charge in [0.05, 0.1) is 20.3 Å². The lowest BCUT2D eigenvalue weighted by molar-refractivity contribution is -0.272. The predicted octanol–water partition coefficient (Wildman–Crippen LogP) is 5.63. The third-order valence-corrected chi connectivity index (χ3v) is 8.59. The maximum atomic E-state index is 15.0. The number of carbonyl (C=O) groups excluding carboxylic acids is 2. The Hall–Kier alpha value is -4.30. The van der Waals surface area contributed by atoms with Gasteiger partial charge in [-0.2, -0.15) is 17.6 Å². The van der Waals surface area contributed by atoms with Crippen LogP contribution in [0.15, 0.2) is 48.7 Å². The molecule has 0 radical (unpaired) electrons. The molecule has 2 aliphatic rings. The highest BCUT2D eigenvalue weighted by atomic mass is 19.4. The minimum absolute atomic E-state index is 0.0162. The van der Waals surface area contributed by atoms with E-state index in [1.54, 1.807) is 24.3 Å². The van der Waals surface area contributed by atoms with Crippen molar-refractivity contribution in [3.05, 3.63) is 82.7 Å². The van der Waals surface area contributed by atoms with Gasteiger partial charge in [0.15, 0.2) is 17.2 Å². The van der Waals surface area contributed by atoms with Crippen LogP contribution >= 0.6 is 0 Å². The Labute approximate surface area is 261 Å². The average molecular weight is 650 g/mol. The number of rotatable bonds is 10. The van der Waals surface area contributed by atoms with Crippen molar-refractivity contribution in [3.8, 4) is 11.5 Å². The molecule has 2 amide bonds. The van der Waals surface area contributed by atoms with Crippen LogP contribution in [0.5, 0.6) is 11.5 Å². The van der Waals surface area contributed by atoms with Gasteiger partial charge in [0.2, 0.25) is 5.82 Å². The third kappa shape index (κ3) is 5.98. The average Bonchev–Trinajstić information content (AvgIpc) is 3.49. The van der Waals surface area contributed by atoms with Gasteiger partial charge in [0.25, 0.3) is 11.8 Å². The molecule has 0 saturated carbocycles. The molecular formula is C32H32F5N3O6. The number of ether oxygens (including phenoxy) is 4. The number of alkyl halides is 3. The second kappa shape index (κ2) is 12.8. The number of hydrogen-bond donors (Lipinski definition) is 1. The molecule has 1 fully saturated rings. The molecule has 3 heterocycles. The lowest BCUT2D eigenvalue weighted by Gasteiger charge is -2.32. The van der Waals surface area contributed by atoms with Crippen molar-refractivity contribution in [2.24, 2.45) is 5.92 Å². The Morgan fingerprint density at radius 2 is 1.83 bits per heavy atom. The Morgan fingerprint density at radius 3 is 2.48 bits per heavy atom. The number of nitrogens with zero attached hydrogens (tertiary/aromatic N) is 2. The Bertz CT molecular complexity index is 1620. The number of carbonyl (C=O) groups is 2. The maximum Gasteiger partial charge on any atom is 0.417 e. The van der Waals surface area contributed by atoms with Crippen LogP contribution in [0.4, 0.5) is 27.6 Å². The summed E-state index contributed by atoms with van der Waals surface area (Å²) in [6, 6.07) is 10.4. The quantitative estimate of drug-likeness (QED) is 0.225. The standard InChI is InChI=1S/C32H32F5N3O6/c1-17-24(20-9-10-22(33)25(34)27(20)45-14-13-43-3)28(46-31(17,2)32(35,36)37)29(41)39-23-11-12-38-26-21(23)16-40(30(26)42)15-18-5-7-19(44-4)8-6-18/h5-12,17,24,28H,13-16H2,1-4H3,(H,38,39,41)/t17-,24-,28+,31+/m0/s1. The van der Waals surface area contributed by atoms with E-state index in [-0.39, 0.29) is 43.2 Å². The molecule has 0 spiro atoms. The number of anilines is 1. The number of fused-ring (bicyclic) bond motifs is 1. The molecule has 1 N–H and O–H groups in total. The first-order chi connectivity index (χ1) is 21.8. The first kappa shape index (κ1) is 33.1. The minimum atomic E-state index is -4.93. The summed E-state index contributed by atoms with van der Waals surface area (Å²) in [7, 11) is 2.89. The fraction of sp³-hybridized carbons (Fsp3) is 0.406. The zero-order valence-electron chi connectivity index (χ0n) is 25.4. The van der Waals surface area contributed by atoms with Crippen LogP contribution in [0.2, 0.25) is 0 Å². The number of methoxy groups -OCH3 is 2. The van der Waals surface area contributed by atoms with E-state index in [1.807, 2.05) is 0 Å². The first-order valence-electron chi connectivity index (χ1n) is 14.4. The summed E-state index contributed by atoms with van der Waals surface area (Å²) in [5.74, 6) is -6.91. The lowest BCUT2D eigenvalue weighted by atomic mass is 9.77. The summed E-state index contributed by atoms with van der Waals surface area (Å²) < 4.78 is 93.6. The zero-order chi connectivity index (χ0) is 33.4. The SMILES string of the molecule is COCCOc1c([C@H]2[C@H](C(=O)Nc3ccnc4c3CN(Cc3ccc(OC)cc3)C4=O)O[C@@](C)(C(F)(F)F)[C@H]2C)ccc(F)c1F. The molecule has 0 aliphatic carbocycles. The Kier molecular flexibility index (Phi) is 9.23. The first-order valence-corrected chi connectivity index (χ1v) is 14.4. The second-order valence-corrected chi connectivity index (χ2v) is 11.3. The van der Waals surface area contributed by atoms with Crippen LogP contribution in [0, 0.1) is 17.6 Å². The summed E-state index contributed by atoms with van der Waals surface area (Å²) in [6.45, 7) is 2.08. The van der Waals surface area contributed by atoms with Gasteiger partial charge < -0.3 is 29.2 Å². The number of pyridine rings is 1. The number of halogens is 5. The van der Waals surface area contributed by atoms with E-state index >= 15 is 4.39 Å². The van der Waals surface area contributed by atoms with Gasteiger partial charge in [-0.1, -0.05) is 25.1 Å². The minimum Gasteiger partial charge on any atom is -0.497 e. The van der Waals surface area contributed by atoms with Gasteiger partial charge in [-0.25, -0.2) is 4.39 Å². The number of benzene rings is 2. The topological polar surface area (TPSA) is 99.2 Å². The molecule has 46 heavy (non-hydrogen) atoms. The van der Waals surface area contributed by atoms with Crippen molar-refractivity contribution in [1.29, 1.82) is 0 Å². The summed E-state index contributed by atoms with van der Waals surface area (Å²) in [4.78, 5) is 32.7. The fourth-order valence-corrected chi connectivity index (χ4v) is 5.86. The van der Waals surface area contributed by atoms with Crippen LogP contribution in [0.1, 0.15) is 46.9 Å². The number of amides is 2. The third-order valence-electron chi connectivity index (χ3n) is 8.59. The van der Waals surface area contributed by atoms with Crippen molar-refractivity contribution < 1.29 is 50.5 Å². The van der Waals surface area contributed by atoms with Crippen LogP contribution < -0.4 is 14.8 Å². The van der Waals surface area contributed by atoms with Crippen LogP contribution in [-0.2, 0) is 27.4 Å². The number of aromatic nitrogens is 1. The van der Waals surface area contributed by atoms with Crippen molar-refractivity contribution in [2.45, 2.75) is 50.7 Å². The van der Waals surface area contributed by atoms with Gasteiger partial charge in [-0.3, -0.25) is 14.6 Å². The Balaban J connectivity index is 1.46. The molecular weight excluding hydrogens is 617 g/mol. The zero-order valence-corrected chi connectivity index (χ0v) is 25.4. The van der Waals surface area contributed by atoms with Gasteiger partial charge in [-0.15, -0.1) is 0 Å². The smallest absolute Gasteiger partial charge is 0.417 e. The molecule has 14 heteroatoms. The summed E-state index contributed by atoms with van der Waals surface area (Å²) in [5, 5.41) is 2.62. The highest BCUT2D eigenvalue weighted by Gasteiger charge is 2.66. The molecule has 3 aromatic rings. The summed E-state index contributed by atoms with van der Waals surface area (Å²) in [5.41, 5.74) is -1.59. The van der Waals surface area contributed by atoms with E-state index < -0.39 is 58.9 Å². The molecule has 4 atom stereocenters. The molecule has 0 unspecified atom stereocenters. The largest absolute Gasteiger partial charge is 0.497 e. The summed E-state index contributed by atoms with van der Waals surface area (Å²) in [6.07, 6.45) is -5.44. The highest BCUT2D eigenvalue weighted by Crippen LogP contribution is 2.55. The monoisotopic (exact) mass is 649 g/mol. The van der Waals surface area contributed by atoms with E-state index in [1.165, 1.54) is 38.3 Å². The van der Waals surface area contributed by atoms with Gasteiger partial charge in [0, 0.05) is 48.5 Å². The second-order valence-electron chi connectivity index (χ2n) is 11.3. The maximum absolute atomic E-state index is 15.0. The summed E-state index contributed by atoms with van der Waals surface area (Å²) >= 11 is 0. The van der Waals surface area contributed by atoms with E-state index in [2.05, 4.69) is 10.3 Å².